The maximum absolute atomic E-state index is 4.77. The van der Waals surface area contributed by atoms with Gasteiger partial charge >= 0.3 is 9.93 Å². The van der Waals surface area contributed by atoms with Crippen molar-refractivity contribution in [2.24, 2.45) is 19.1 Å². The van der Waals surface area contributed by atoms with E-state index in [0.717, 1.165) is 9.93 Å². The number of nitrogens with zero attached hydrogens (tertiary/aromatic N) is 3. The molecule has 0 saturated carbocycles. The largest absolute Gasteiger partial charge is 0.385 e. The Balaban J connectivity index is 2.63. The smallest absolute Gasteiger partial charge is 0.303 e. The van der Waals surface area contributed by atoms with Crippen LogP contribution in [0, 0.1) is 27.7 Å². The van der Waals surface area contributed by atoms with Crippen molar-refractivity contribution in [3.05, 3.63) is 25.9 Å². The zero-order chi connectivity index (χ0) is 12.7. The first-order valence-electron chi connectivity index (χ1n) is 5.55. The highest BCUT2D eigenvalue weighted by atomic mass is 32.1. The fourth-order valence-electron chi connectivity index (χ4n) is 1.60. The van der Waals surface area contributed by atoms with Gasteiger partial charge in [0.25, 0.3) is 0 Å². The standard InChI is InChI=1S/C12H18N3S2/c1-7-9(3)16-11(14(7)5)13-12-15(6)8(2)10(4)17-12/h1-6H3/q+1. The monoisotopic (exact) mass is 268 g/mol. The SMILES string of the molecule is Cc1sc(=Nc2sc(C)c(C)[n+]2C)n(C)c1C. The summed E-state index contributed by atoms with van der Waals surface area (Å²) in [7, 11) is 4.15. The first-order valence-corrected chi connectivity index (χ1v) is 7.19. The number of thiazole rings is 2. The van der Waals surface area contributed by atoms with Crippen molar-refractivity contribution in [2.75, 3.05) is 0 Å². The van der Waals surface area contributed by atoms with E-state index >= 15 is 0 Å². The van der Waals surface area contributed by atoms with Gasteiger partial charge in [-0.15, -0.1) is 0 Å². The topological polar surface area (TPSA) is 21.2 Å². The average molecular weight is 268 g/mol. The molecule has 0 aromatic carbocycles. The maximum atomic E-state index is 4.77. The molecule has 3 nitrogen and oxygen atoms in total. The second-order valence-electron chi connectivity index (χ2n) is 4.28. The summed E-state index contributed by atoms with van der Waals surface area (Å²) in [6, 6.07) is 0. The number of hydrogen-bond acceptors (Lipinski definition) is 3. The fourth-order valence-corrected chi connectivity index (χ4v) is 3.58. The molecule has 0 amide bonds. The van der Waals surface area contributed by atoms with Crippen LogP contribution in [0.25, 0.3) is 0 Å². The summed E-state index contributed by atoms with van der Waals surface area (Å²) >= 11 is 3.50. The van der Waals surface area contributed by atoms with Crippen LogP contribution >= 0.6 is 22.7 Å². The quantitative estimate of drug-likeness (QED) is 0.709. The van der Waals surface area contributed by atoms with Crippen LogP contribution < -0.4 is 9.37 Å². The van der Waals surface area contributed by atoms with Crippen LogP contribution in [-0.4, -0.2) is 4.57 Å². The van der Waals surface area contributed by atoms with E-state index in [9.17, 15) is 0 Å². The zero-order valence-corrected chi connectivity index (χ0v) is 12.8. The number of aryl methyl sites for hydroxylation is 2. The number of hydrogen-bond donors (Lipinski definition) is 0. The van der Waals surface area contributed by atoms with Gasteiger partial charge in [-0.2, -0.15) is 0 Å². The Morgan fingerprint density at radius 3 is 2.12 bits per heavy atom. The van der Waals surface area contributed by atoms with Crippen LogP contribution in [-0.2, 0) is 14.1 Å². The van der Waals surface area contributed by atoms with Gasteiger partial charge in [0, 0.05) is 22.6 Å². The average Bonchev–Trinajstić information content (AvgIpc) is 2.66. The highest BCUT2D eigenvalue weighted by molar-refractivity contribution is 7.15. The van der Waals surface area contributed by atoms with E-state index in [1.807, 2.05) is 0 Å². The van der Waals surface area contributed by atoms with Gasteiger partial charge in [-0.3, -0.25) is 0 Å². The summed E-state index contributed by atoms with van der Waals surface area (Å²) in [4.78, 5) is 8.50. The summed E-state index contributed by atoms with van der Waals surface area (Å²) < 4.78 is 4.31. The molecule has 2 aromatic heterocycles. The van der Waals surface area contributed by atoms with Gasteiger partial charge in [-0.1, -0.05) is 11.3 Å². The van der Waals surface area contributed by atoms with Gasteiger partial charge < -0.3 is 4.57 Å². The Morgan fingerprint density at radius 2 is 1.71 bits per heavy atom. The molecule has 0 atom stereocenters. The molecule has 2 heterocycles. The highest BCUT2D eigenvalue weighted by Gasteiger charge is 2.16. The summed E-state index contributed by atoms with van der Waals surface area (Å²) in [5.74, 6) is 0. The summed E-state index contributed by atoms with van der Waals surface area (Å²) in [6.45, 7) is 8.55. The summed E-state index contributed by atoms with van der Waals surface area (Å²) in [5.41, 5.74) is 2.59. The van der Waals surface area contributed by atoms with E-state index in [1.54, 1.807) is 22.7 Å². The fraction of sp³-hybridized carbons (Fsp3) is 0.500. The number of rotatable bonds is 1. The molecule has 0 saturated heterocycles. The van der Waals surface area contributed by atoms with Crippen molar-refractivity contribution in [2.45, 2.75) is 27.7 Å². The second kappa shape index (κ2) is 4.38. The minimum absolute atomic E-state index is 1.07. The molecule has 0 radical (unpaired) electrons. The highest BCUT2D eigenvalue weighted by Crippen LogP contribution is 2.21. The van der Waals surface area contributed by atoms with Crippen LogP contribution in [0.1, 0.15) is 21.1 Å². The third-order valence-corrected chi connectivity index (χ3v) is 5.58. The predicted octanol–water partition coefficient (Wildman–Crippen LogP) is 2.44. The molecule has 2 aromatic rings. The molecule has 0 bridgehead atoms. The first-order chi connectivity index (χ1) is 7.91. The Kier molecular flexibility index (Phi) is 3.23. The van der Waals surface area contributed by atoms with Gasteiger partial charge in [0.2, 0.25) is 0 Å². The second-order valence-corrected chi connectivity index (χ2v) is 6.65. The predicted molar refractivity (Wildman–Crippen MR) is 73.0 cm³/mol. The lowest BCUT2D eigenvalue weighted by molar-refractivity contribution is -0.660. The Bertz CT molecular complexity index is 629. The summed E-state index contributed by atoms with van der Waals surface area (Å²) in [6.07, 6.45) is 0. The zero-order valence-electron chi connectivity index (χ0n) is 11.2. The molecular formula is C12H18N3S2+. The van der Waals surface area contributed by atoms with Crippen molar-refractivity contribution in [3.63, 3.8) is 0 Å². The van der Waals surface area contributed by atoms with Crippen LogP contribution in [0.3, 0.4) is 0 Å². The van der Waals surface area contributed by atoms with Gasteiger partial charge in [-0.05, 0) is 39.0 Å². The van der Waals surface area contributed by atoms with Crippen LogP contribution in [0.5, 0.6) is 0 Å². The first kappa shape index (κ1) is 12.5. The molecule has 17 heavy (non-hydrogen) atoms. The Labute approximate surface area is 110 Å². The Morgan fingerprint density at radius 1 is 1.06 bits per heavy atom. The summed E-state index contributed by atoms with van der Waals surface area (Å²) in [5, 5.41) is 1.07. The molecular weight excluding hydrogens is 250 g/mol. The van der Waals surface area contributed by atoms with E-state index in [0.29, 0.717) is 0 Å². The molecule has 92 valence electrons. The molecule has 2 rings (SSSR count). The van der Waals surface area contributed by atoms with Crippen molar-refractivity contribution >= 4 is 27.8 Å². The van der Waals surface area contributed by atoms with Crippen LogP contribution in [0.4, 0.5) is 5.13 Å². The van der Waals surface area contributed by atoms with Crippen LogP contribution in [0.2, 0.25) is 0 Å². The van der Waals surface area contributed by atoms with E-state index in [4.69, 9.17) is 4.99 Å². The van der Waals surface area contributed by atoms with Crippen molar-refractivity contribution in [3.8, 4) is 0 Å². The molecule has 0 unspecified atom stereocenters. The molecule has 0 spiro atoms. The third-order valence-electron chi connectivity index (χ3n) is 3.28. The number of aromatic nitrogens is 2. The molecule has 0 fully saturated rings. The molecule has 0 aliphatic heterocycles. The minimum Gasteiger partial charge on any atom is -0.303 e. The molecule has 0 aliphatic rings. The molecule has 5 heteroatoms. The van der Waals surface area contributed by atoms with E-state index in [1.165, 1.54) is 21.1 Å². The van der Waals surface area contributed by atoms with Gasteiger partial charge in [0.1, 0.15) is 5.69 Å². The minimum atomic E-state index is 1.07. The lowest BCUT2D eigenvalue weighted by Crippen LogP contribution is -2.29. The van der Waals surface area contributed by atoms with Gasteiger partial charge in [0.05, 0.1) is 11.9 Å². The lowest BCUT2D eigenvalue weighted by Gasteiger charge is -1.92. The molecule has 0 N–H and O–H groups in total. The van der Waals surface area contributed by atoms with Crippen LogP contribution in [0.15, 0.2) is 4.99 Å². The van der Waals surface area contributed by atoms with Gasteiger partial charge in [0.15, 0.2) is 0 Å². The third kappa shape index (κ3) is 2.09. The normalized spacial score (nSPS) is 12.5. The van der Waals surface area contributed by atoms with Crippen molar-refractivity contribution < 1.29 is 4.57 Å². The van der Waals surface area contributed by atoms with E-state index < -0.39 is 0 Å². The van der Waals surface area contributed by atoms with E-state index in [2.05, 4.69) is 50.9 Å². The van der Waals surface area contributed by atoms with Crippen molar-refractivity contribution in [1.82, 2.24) is 4.57 Å². The van der Waals surface area contributed by atoms with Gasteiger partial charge in [-0.25, -0.2) is 4.57 Å². The molecule has 0 aliphatic carbocycles. The maximum Gasteiger partial charge on any atom is 0.385 e. The van der Waals surface area contributed by atoms with E-state index in [-0.39, 0.29) is 0 Å². The van der Waals surface area contributed by atoms with Crippen molar-refractivity contribution in [1.29, 1.82) is 0 Å². The lowest BCUT2D eigenvalue weighted by atomic mass is 10.4. The Hall–Kier alpha value is -0.940.